The van der Waals surface area contributed by atoms with Crippen LogP contribution in [0.3, 0.4) is 0 Å². The Hall–Kier alpha value is -1.26. The normalized spacial score (nSPS) is 19.9. The molecule has 1 aromatic rings. The Morgan fingerprint density at radius 2 is 2.35 bits per heavy atom. The van der Waals surface area contributed by atoms with Crippen molar-refractivity contribution in [3.8, 4) is 5.75 Å². The van der Waals surface area contributed by atoms with E-state index < -0.39 is 0 Å². The number of halogens is 1. The van der Waals surface area contributed by atoms with Crippen molar-refractivity contribution in [1.29, 1.82) is 0 Å². The number of carbonyl (C=O) groups is 1. The Balaban J connectivity index is 2.05. The lowest BCUT2D eigenvalue weighted by Crippen LogP contribution is -2.45. The largest absolute Gasteiger partial charge is 0.507 e. The summed E-state index contributed by atoms with van der Waals surface area (Å²) in [6.07, 6.45) is 2.01. The SMILES string of the molecule is O=C(N[C@H]1CCCNC1)c1cc(Cl)ccc1O. The number of hydrogen-bond donors (Lipinski definition) is 3. The zero-order valence-corrected chi connectivity index (χ0v) is 10.1. The molecule has 1 atom stereocenters. The second-order valence-electron chi connectivity index (χ2n) is 4.18. The Bertz CT molecular complexity index is 417. The predicted molar refractivity (Wildman–Crippen MR) is 66.5 cm³/mol. The highest BCUT2D eigenvalue weighted by Gasteiger charge is 2.18. The van der Waals surface area contributed by atoms with E-state index in [0.29, 0.717) is 5.02 Å². The maximum Gasteiger partial charge on any atom is 0.255 e. The summed E-state index contributed by atoms with van der Waals surface area (Å²) >= 11 is 5.80. The third-order valence-corrected chi connectivity index (χ3v) is 3.07. The molecular weight excluding hydrogens is 240 g/mol. The highest BCUT2D eigenvalue weighted by molar-refractivity contribution is 6.31. The van der Waals surface area contributed by atoms with Crippen LogP contribution in [0.15, 0.2) is 18.2 Å². The minimum Gasteiger partial charge on any atom is -0.507 e. The number of phenols is 1. The zero-order chi connectivity index (χ0) is 12.3. The number of phenolic OH excluding ortho intramolecular Hbond substituents is 1. The third-order valence-electron chi connectivity index (χ3n) is 2.84. The molecule has 17 heavy (non-hydrogen) atoms. The molecule has 1 aliphatic heterocycles. The van der Waals surface area contributed by atoms with Crippen LogP contribution in [0.1, 0.15) is 23.2 Å². The second kappa shape index (κ2) is 5.38. The average Bonchev–Trinajstić information content (AvgIpc) is 2.33. The van der Waals surface area contributed by atoms with Gasteiger partial charge in [0.1, 0.15) is 5.75 Å². The minimum atomic E-state index is -0.279. The Morgan fingerprint density at radius 3 is 3.06 bits per heavy atom. The van der Waals surface area contributed by atoms with E-state index in [1.54, 1.807) is 6.07 Å². The average molecular weight is 255 g/mol. The maximum atomic E-state index is 11.9. The van der Waals surface area contributed by atoms with Crippen LogP contribution in [-0.2, 0) is 0 Å². The summed E-state index contributed by atoms with van der Waals surface area (Å²) in [5.41, 5.74) is 0.225. The molecule has 1 aromatic carbocycles. The van der Waals surface area contributed by atoms with Gasteiger partial charge in [0, 0.05) is 17.6 Å². The topological polar surface area (TPSA) is 61.4 Å². The lowest BCUT2D eigenvalue weighted by atomic mass is 10.1. The predicted octanol–water partition coefficient (Wildman–Crippen LogP) is 1.53. The molecule has 2 rings (SSSR count). The molecule has 0 aliphatic carbocycles. The fraction of sp³-hybridized carbons (Fsp3) is 0.417. The summed E-state index contributed by atoms with van der Waals surface area (Å²) in [7, 11) is 0. The first kappa shape index (κ1) is 12.2. The van der Waals surface area contributed by atoms with E-state index in [-0.39, 0.29) is 23.3 Å². The van der Waals surface area contributed by atoms with E-state index in [4.69, 9.17) is 11.6 Å². The minimum absolute atomic E-state index is 0.0457. The van der Waals surface area contributed by atoms with Gasteiger partial charge in [-0.15, -0.1) is 0 Å². The first-order valence-electron chi connectivity index (χ1n) is 5.67. The molecule has 4 nitrogen and oxygen atoms in total. The molecule has 0 unspecified atom stereocenters. The van der Waals surface area contributed by atoms with Crippen LogP contribution in [0.4, 0.5) is 0 Å². The van der Waals surface area contributed by atoms with Crippen molar-refractivity contribution in [2.24, 2.45) is 0 Å². The first-order chi connectivity index (χ1) is 8.16. The summed E-state index contributed by atoms with van der Waals surface area (Å²) < 4.78 is 0. The van der Waals surface area contributed by atoms with Gasteiger partial charge in [0.05, 0.1) is 5.56 Å². The Kier molecular flexibility index (Phi) is 3.86. The van der Waals surface area contributed by atoms with Crippen LogP contribution in [0.2, 0.25) is 5.02 Å². The van der Waals surface area contributed by atoms with Crippen molar-refractivity contribution >= 4 is 17.5 Å². The van der Waals surface area contributed by atoms with Gasteiger partial charge >= 0.3 is 0 Å². The lowest BCUT2D eigenvalue weighted by molar-refractivity contribution is 0.0928. The zero-order valence-electron chi connectivity index (χ0n) is 9.37. The number of amides is 1. The van der Waals surface area contributed by atoms with Crippen molar-refractivity contribution < 1.29 is 9.90 Å². The van der Waals surface area contributed by atoms with Gasteiger partial charge in [-0.25, -0.2) is 0 Å². The van der Waals surface area contributed by atoms with Gasteiger partial charge in [-0.05, 0) is 37.6 Å². The van der Waals surface area contributed by atoms with E-state index in [9.17, 15) is 9.90 Å². The monoisotopic (exact) mass is 254 g/mol. The van der Waals surface area contributed by atoms with E-state index in [0.717, 1.165) is 25.9 Å². The van der Waals surface area contributed by atoms with Gasteiger partial charge in [-0.3, -0.25) is 4.79 Å². The number of aromatic hydroxyl groups is 1. The van der Waals surface area contributed by atoms with Crippen LogP contribution in [-0.4, -0.2) is 30.1 Å². The van der Waals surface area contributed by atoms with Crippen molar-refractivity contribution in [1.82, 2.24) is 10.6 Å². The first-order valence-corrected chi connectivity index (χ1v) is 6.04. The van der Waals surface area contributed by atoms with Crippen LogP contribution in [0.5, 0.6) is 5.75 Å². The van der Waals surface area contributed by atoms with Gasteiger partial charge in [-0.2, -0.15) is 0 Å². The molecule has 5 heteroatoms. The molecule has 0 aromatic heterocycles. The molecule has 1 heterocycles. The van der Waals surface area contributed by atoms with Crippen LogP contribution in [0, 0.1) is 0 Å². The van der Waals surface area contributed by atoms with Gasteiger partial charge in [-0.1, -0.05) is 11.6 Å². The molecule has 1 fully saturated rings. The van der Waals surface area contributed by atoms with Gasteiger partial charge in [0.25, 0.3) is 5.91 Å². The number of hydrogen-bond acceptors (Lipinski definition) is 3. The molecule has 0 saturated carbocycles. The number of nitrogens with one attached hydrogen (secondary N) is 2. The molecule has 0 radical (unpaired) electrons. The van der Waals surface area contributed by atoms with Gasteiger partial charge < -0.3 is 15.7 Å². The molecule has 0 spiro atoms. The summed E-state index contributed by atoms with van der Waals surface area (Å²) in [6, 6.07) is 4.57. The molecule has 1 amide bonds. The highest BCUT2D eigenvalue weighted by atomic mass is 35.5. The number of rotatable bonds is 2. The van der Waals surface area contributed by atoms with Crippen LogP contribution >= 0.6 is 11.6 Å². The molecular formula is C12H15ClN2O2. The van der Waals surface area contributed by atoms with Gasteiger partial charge in [0.2, 0.25) is 0 Å². The van der Waals surface area contributed by atoms with Crippen molar-refractivity contribution in [3.05, 3.63) is 28.8 Å². The quantitative estimate of drug-likeness (QED) is 0.750. The van der Waals surface area contributed by atoms with E-state index in [1.807, 2.05) is 0 Å². The molecule has 92 valence electrons. The Labute approximate surface area is 105 Å². The standard InChI is InChI=1S/C12H15ClN2O2/c13-8-3-4-11(16)10(6-8)12(17)15-9-2-1-5-14-7-9/h3-4,6,9,14,16H,1-2,5,7H2,(H,15,17)/t9-/m0/s1. The van der Waals surface area contributed by atoms with Crippen LogP contribution in [0.25, 0.3) is 0 Å². The molecule has 3 N–H and O–H groups in total. The van der Waals surface area contributed by atoms with E-state index in [2.05, 4.69) is 10.6 Å². The van der Waals surface area contributed by atoms with Crippen molar-refractivity contribution in [2.75, 3.05) is 13.1 Å². The van der Waals surface area contributed by atoms with Crippen LogP contribution < -0.4 is 10.6 Å². The van der Waals surface area contributed by atoms with Gasteiger partial charge in [0.15, 0.2) is 0 Å². The van der Waals surface area contributed by atoms with Crippen molar-refractivity contribution in [2.45, 2.75) is 18.9 Å². The molecule has 1 aliphatic rings. The summed E-state index contributed by atoms with van der Waals surface area (Å²) in [6.45, 7) is 1.77. The smallest absolute Gasteiger partial charge is 0.255 e. The third kappa shape index (κ3) is 3.11. The number of piperidine rings is 1. The molecule has 1 saturated heterocycles. The Morgan fingerprint density at radius 1 is 1.53 bits per heavy atom. The van der Waals surface area contributed by atoms with E-state index >= 15 is 0 Å². The second-order valence-corrected chi connectivity index (χ2v) is 4.61. The summed E-state index contributed by atoms with van der Waals surface area (Å²) in [5.74, 6) is -0.325. The molecule has 0 bridgehead atoms. The number of carbonyl (C=O) groups excluding carboxylic acids is 1. The maximum absolute atomic E-state index is 11.9. The lowest BCUT2D eigenvalue weighted by Gasteiger charge is -2.23. The summed E-state index contributed by atoms with van der Waals surface area (Å²) in [5, 5.41) is 16.1. The fourth-order valence-electron chi connectivity index (χ4n) is 1.93. The highest BCUT2D eigenvalue weighted by Crippen LogP contribution is 2.21. The number of benzene rings is 1. The fourth-order valence-corrected chi connectivity index (χ4v) is 2.10. The van der Waals surface area contributed by atoms with E-state index in [1.165, 1.54) is 12.1 Å². The summed E-state index contributed by atoms with van der Waals surface area (Å²) in [4.78, 5) is 11.9. The van der Waals surface area contributed by atoms with Crippen molar-refractivity contribution in [3.63, 3.8) is 0 Å².